The van der Waals surface area contributed by atoms with Crippen molar-refractivity contribution < 1.29 is 0 Å². The zero-order chi connectivity index (χ0) is 8.73. The van der Waals surface area contributed by atoms with Crippen molar-refractivity contribution in [3.05, 3.63) is 0 Å². The van der Waals surface area contributed by atoms with Crippen molar-refractivity contribution in [1.29, 1.82) is 0 Å². The Hall–Kier alpha value is -0.0800. The van der Waals surface area contributed by atoms with Gasteiger partial charge in [0.2, 0.25) is 0 Å². The second kappa shape index (κ2) is 2.96. The summed E-state index contributed by atoms with van der Waals surface area (Å²) in [5, 5.41) is 3.49. The van der Waals surface area contributed by atoms with Crippen LogP contribution in [-0.4, -0.2) is 37.1 Å². The van der Waals surface area contributed by atoms with Crippen LogP contribution in [0, 0.1) is 5.41 Å². The minimum absolute atomic E-state index is 0.847. The van der Waals surface area contributed by atoms with Crippen molar-refractivity contribution in [3.63, 3.8) is 0 Å². The fourth-order valence-corrected chi connectivity index (χ4v) is 2.93. The fraction of sp³-hybridized carbons (Fsp3) is 1.00. The van der Waals surface area contributed by atoms with Gasteiger partial charge in [-0.2, -0.15) is 0 Å². The summed E-state index contributed by atoms with van der Waals surface area (Å²) in [7, 11) is 0. The number of nitrogens with one attached hydrogen (secondary N) is 1. The van der Waals surface area contributed by atoms with Crippen LogP contribution in [0.2, 0.25) is 0 Å². The average Bonchev–Trinajstić information content (AvgIpc) is 2.87. The van der Waals surface area contributed by atoms with Crippen LogP contribution in [0.1, 0.15) is 32.1 Å². The zero-order valence-corrected chi connectivity index (χ0v) is 8.39. The van der Waals surface area contributed by atoms with Gasteiger partial charge in [0.05, 0.1) is 0 Å². The highest BCUT2D eigenvalue weighted by Crippen LogP contribution is 2.53. The molecule has 1 N–H and O–H groups in total. The Morgan fingerprint density at radius 3 is 2.69 bits per heavy atom. The first-order valence-electron chi connectivity index (χ1n) is 5.83. The molecule has 0 aromatic heterocycles. The molecule has 1 aliphatic carbocycles. The first-order chi connectivity index (χ1) is 6.38. The Bertz CT molecular complexity index is 182. The molecule has 13 heavy (non-hydrogen) atoms. The number of rotatable bonds is 1. The highest BCUT2D eigenvalue weighted by atomic mass is 15.2. The molecule has 0 radical (unpaired) electrons. The molecule has 2 heteroatoms. The summed E-state index contributed by atoms with van der Waals surface area (Å²) in [6.45, 7) is 5.35. The van der Waals surface area contributed by atoms with Crippen LogP contribution in [0.4, 0.5) is 0 Å². The van der Waals surface area contributed by atoms with Crippen molar-refractivity contribution in [3.8, 4) is 0 Å². The van der Waals surface area contributed by atoms with Crippen molar-refractivity contribution in [2.75, 3.05) is 26.2 Å². The lowest BCUT2D eigenvalue weighted by Crippen LogP contribution is -2.53. The summed E-state index contributed by atoms with van der Waals surface area (Å²) in [4.78, 5) is 2.74. The number of nitrogens with zero attached hydrogens (tertiary/aromatic N) is 1. The summed E-state index contributed by atoms with van der Waals surface area (Å²) >= 11 is 0. The van der Waals surface area contributed by atoms with Gasteiger partial charge in [0.1, 0.15) is 0 Å². The molecule has 1 atom stereocenters. The Balaban J connectivity index is 1.53. The molecule has 2 nitrogen and oxygen atoms in total. The minimum atomic E-state index is 0.847. The van der Waals surface area contributed by atoms with Gasteiger partial charge >= 0.3 is 0 Å². The maximum absolute atomic E-state index is 3.49. The fourth-order valence-electron chi connectivity index (χ4n) is 2.93. The molecular formula is C11H20N2. The first kappa shape index (κ1) is 8.25. The van der Waals surface area contributed by atoms with E-state index in [2.05, 4.69) is 10.2 Å². The van der Waals surface area contributed by atoms with E-state index in [0.717, 1.165) is 11.5 Å². The Morgan fingerprint density at radius 1 is 1.08 bits per heavy atom. The smallest absolute Gasteiger partial charge is 0.0108 e. The molecule has 0 aromatic carbocycles. The molecule has 2 heterocycles. The van der Waals surface area contributed by atoms with Crippen LogP contribution < -0.4 is 5.32 Å². The van der Waals surface area contributed by atoms with Gasteiger partial charge < -0.3 is 5.32 Å². The summed E-state index contributed by atoms with van der Waals surface area (Å²) < 4.78 is 0. The van der Waals surface area contributed by atoms with Crippen LogP contribution in [0.15, 0.2) is 0 Å². The SMILES string of the molecule is C1CNCCC(N2CC3(CC3)C2)C1. The lowest BCUT2D eigenvalue weighted by atomic mass is 9.92. The predicted molar refractivity (Wildman–Crippen MR) is 53.7 cm³/mol. The van der Waals surface area contributed by atoms with E-state index in [0.29, 0.717) is 0 Å². The molecule has 3 rings (SSSR count). The van der Waals surface area contributed by atoms with Gasteiger partial charge in [-0.05, 0) is 50.6 Å². The summed E-state index contributed by atoms with van der Waals surface area (Å²) in [5.74, 6) is 0. The summed E-state index contributed by atoms with van der Waals surface area (Å²) in [6.07, 6.45) is 7.25. The monoisotopic (exact) mass is 180 g/mol. The molecule has 0 aromatic rings. The van der Waals surface area contributed by atoms with Crippen LogP contribution in [0.25, 0.3) is 0 Å². The minimum Gasteiger partial charge on any atom is -0.317 e. The van der Waals surface area contributed by atoms with E-state index >= 15 is 0 Å². The van der Waals surface area contributed by atoms with Crippen LogP contribution >= 0.6 is 0 Å². The summed E-state index contributed by atoms with van der Waals surface area (Å²) in [6, 6.07) is 0.918. The predicted octanol–water partition coefficient (Wildman–Crippen LogP) is 1.22. The number of hydrogen-bond acceptors (Lipinski definition) is 2. The molecule has 0 amide bonds. The molecule has 74 valence electrons. The van der Waals surface area contributed by atoms with Gasteiger partial charge in [0, 0.05) is 19.1 Å². The van der Waals surface area contributed by atoms with E-state index in [4.69, 9.17) is 0 Å². The van der Waals surface area contributed by atoms with Gasteiger partial charge in [-0.25, -0.2) is 0 Å². The zero-order valence-electron chi connectivity index (χ0n) is 8.39. The highest BCUT2D eigenvalue weighted by Gasteiger charge is 2.53. The van der Waals surface area contributed by atoms with Crippen molar-refractivity contribution in [2.24, 2.45) is 5.41 Å². The second-order valence-corrected chi connectivity index (χ2v) is 5.24. The molecule has 1 saturated carbocycles. The molecule has 0 bridgehead atoms. The maximum Gasteiger partial charge on any atom is 0.0108 e. The van der Waals surface area contributed by atoms with Crippen LogP contribution in [-0.2, 0) is 0 Å². The van der Waals surface area contributed by atoms with Crippen LogP contribution in [0.3, 0.4) is 0 Å². The Kier molecular flexibility index (Phi) is 1.88. The van der Waals surface area contributed by atoms with E-state index in [1.54, 1.807) is 0 Å². The molecule has 3 fully saturated rings. The van der Waals surface area contributed by atoms with Gasteiger partial charge in [0.15, 0.2) is 0 Å². The standard InChI is InChI=1S/C11H20N2/c1-2-10(3-7-12-6-1)13-8-11(9-13)4-5-11/h10,12H,1-9H2. The van der Waals surface area contributed by atoms with Gasteiger partial charge in [-0.3, -0.25) is 4.90 Å². The molecule has 3 aliphatic rings. The third-order valence-corrected chi connectivity index (χ3v) is 4.10. The lowest BCUT2D eigenvalue weighted by Gasteiger charge is -2.45. The first-order valence-corrected chi connectivity index (χ1v) is 5.83. The molecular weight excluding hydrogens is 160 g/mol. The largest absolute Gasteiger partial charge is 0.317 e. The maximum atomic E-state index is 3.49. The van der Waals surface area contributed by atoms with Gasteiger partial charge in [-0.1, -0.05) is 0 Å². The topological polar surface area (TPSA) is 15.3 Å². The number of likely N-dealkylation sites (tertiary alicyclic amines) is 1. The molecule has 1 unspecified atom stereocenters. The van der Waals surface area contributed by atoms with Crippen molar-refractivity contribution in [2.45, 2.75) is 38.1 Å². The van der Waals surface area contributed by atoms with Crippen molar-refractivity contribution in [1.82, 2.24) is 10.2 Å². The molecule has 2 saturated heterocycles. The normalized spacial score (nSPS) is 38.3. The van der Waals surface area contributed by atoms with E-state index in [-0.39, 0.29) is 0 Å². The third kappa shape index (κ3) is 1.50. The molecule has 1 spiro atoms. The van der Waals surface area contributed by atoms with E-state index in [1.807, 2.05) is 0 Å². The van der Waals surface area contributed by atoms with E-state index in [1.165, 1.54) is 58.3 Å². The average molecular weight is 180 g/mol. The van der Waals surface area contributed by atoms with E-state index in [9.17, 15) is 0 Å². The Labute approximate surface area is 80.7 Å². The lowest BCUT2D eigenvalue weighted by molar-refractivity contribution is 0.0311. The van der Waals surface area contributed by atoms with Crippen molar-refractivity contribution >= 4 is 0 Å². The number of hydrogen-bond donors (Lipinski definition) is 1. The second-order valence-electron chi connectivity index (χ2n) is 5.24. The quantitative estimate of drug-likeness (QED) is 0.653. The highest BCUT2D eigenvalue weighted by molar-refractivity contribution is 5.06. The Morgan fingerprint density at radius 2 is 1.92 bits per heavy atom. The third-order valence-electron chi connectivity index (χ3n) is 4.10. The van der Waals surface area contributed by atoms with E-state index < -0.39 is 0 Å². The molecule has 2 aliphatic heterocycles. The summed E-state index contributed by atoms with van der Waals surface area (Å²) in [5.41, 5.74) is 0.847. The van der Waals surface area contributed by atoms with Gasteiger partial charge in [0.25, 0.3) is 0 Å². The van der Waals surface area contributed by atoms with Gasteiger partial charge in [-0.15, -0.1) is 0 Å². The van der Waals surface area contributed by atoms with Crippen LogP contribution in [0.5, 0.6) is 0 Å².